The van der Waals surface area contributed by atoms with Crippen LogP contribution in [0.15, 0.2) is 90.2 Å². The van der Waals surface area contributed by atoms with Gasteiger partial charge in [-0.3, -0.25) is 24.6 Å². The van der Waals surface area contributed by atoms with Gasteiger partial charge in [-0.2, -0.15) is 0 Å². The lowest BCUT2D eigenvalue weighted by atomic mass is 9.95. The van der Waals surface area contributed by atoms with E-state index in [1.54, 1.807) is 68.5 Å². The highest BCUT2D eigenvalue weighted by atomic mass is 79.9. The van der Waals surface area contributed by atoms with Gasteiger partial charge >= 0.3 is 5.97 Å². The Balaban J connectivity index is 1.40. The molecule has 0 aliphatic carbocycles. The van der Waals surface area contributed by atoms with E-state index in [4.69, 9.17) is 32.7 Å². The number of thiazole rings is 1. The molecule has 0 bridgehead atoms. The normalized spacial score (nSPS) is 14.4. The Kier molecular flexibility index (Phi) is 10.1. The SMILES string of the molecule is CCOC(=O)C1=C(C)N=c2s/c(=C\c3ccc(Sc4n[nH]c(-c5ccc(Cl)cc5Cl)n4)c([N+](=O)[O-])c3)c(=O)n2[C@@H]1c1cc(Br)ccc1OC. The maximum atomic E-state index is 14.1. The standard InChI is InChI=1S/C32H23BrCl2N6O6S2/c1-4-47-30(43)26-15(2)36-32-40(27(26)20-13-17(33)6-9-23(20)46-3)29(42)25(49-32)12-16-5-10-24(22(11-16)41(44)45)48-31-37-28(38-39-31)19-8-7-18(34)14-21(19)35/h5-14,27H,4H2,1-3H3,(H,37,38,39)/b25-12-/t27-/m1/s1. The smallest absolute Gasteiger partial charge is 0.338 e. The van der Waals surface area contributed by atoms with Gasteiger partial charge in [-0.25, -0.2) is 14.8 Å². The number of H-pyrrole nitrogens is 1. The van der Waals surface area contributed by atoms with Gasteiger partial charge in [0.15, 0.2) is 10.6 Å². The molecule has 0 amide bonds. The Morgan fingerprint density at radius 2 is 2.00 bits per heavy atom. The summed E-state index contributed by atoms with van der Waals surface area (Å²) in [6, 6.07) is 13.9. The molecule has 250 valence electrons. The Labute approximate surface area is 304 Å². The summed E-state index contributed by atoms with van der Waals surface area (Å²) in [5.74, 6) is 0.222. The molecule has 5 aromatic rings. The number of carbonyl (C=O) groups excluding carboxylic acids is 1. The monoisotopic (exact) mass is 800 g/mol. The van der Waals surface area contributed by atoms with E-state index in [1.165, 1.54) is 17.7 Å². The predicted octanol–water partition coefficient (Wildman–Crippen LogP) is 6.72. The molecule has 0 saturated heterocycles. The van der Waals surface area contributed by atoms with Crippen LogP contribution in [0, 0.1) is 10.1 Å². The molecule has 3 aromatic carbocycles. The Morgan fingerprint density at radius 3 is 2.71 bits per heavy atom. The highest BCUT2D eigenvalue weighted by molar-refractivity contribution is 9.10. The number of esters is 1. The molecule has 3 heterocycles. The second-order valence-electron chi connectivity index (χ2n) is 10.4. The van der Waals surface area contributed by atoms with Crippen molar-refractivity contribution < 1.29 is 19.2 Å². The lowest BCUT2D eigenvalue weighted by molar-refractivity contribution is -0.387. The van der Waals surface area contributed by atoms with Gasteiger partial charge in [-0.1, -0.05) is 56.5 Å². The first kappa shape index (κ1) is 34.6. The van der Waals surface area contributed by atoms with Crippen molar-refractivity contribution in [3.63, 3.8) is 0 Å². The van der Waals surface area contributed by atoms with Crippen LogP contribution in [0.4, 0.5) is 5.69 Å². The van der Waals surface area contributed by atoms with E-state index in [0.29, 0.717) is 53.3 Å². The Bertz CT molecular complexity index is 2370. The number of nitro groups is 1. The summed E-state index contributed by atoms with van der Waals surface area (Å²) < 4.78 is 13.4. The van der Waals surface area contributed by atoms with Gasteiger partial charge in [0.05, 0.1) is 44.4 Å². The van der Waals surface area contributed by atoms with Crippen LogP contribution >= 0.6 is 62.2 Å². The van der Waals surface area contributed by atoms with Crippen molar-refractivity contribution in [2.45, 2.75) is 29.9 Å². The third-order valence-electron chi connectivity index (χ3n) is 7.33. The first-order valence-corrected chi connectivity index (χ1v) is 17.5. The van der Waals surface area contributed by atoms with E-state index in [1.807, 2.05) is 0 Å². The van der Waals surface area contributed by atoms with E-state index in [9.17, 15) is 19.7 Å². The fraction of sp³-hybridized carbons (Fsp3) is 0.156. The number of halogens is 3. The molecule has 1 atom stereocenters. The van der Waals surface area contributed by atoms with Crippen molar-refractivity contribution in [2.75, 3.05) is 13.7 Å². The Hall–Kier alpha value is -4.28. The number of nitrogens with one attached hydrogen (secondary N) is 1. The first-order chi connectivity index (χ1) is 23.5. The van der Waals surface area contributed by atoms with Gasteiger partial charge in [0.25, 0.3) is 11.2 Å². The molecule has 0 unspecified atom stereocenters. The average Bonchev–Trinajstić information content (AvgIpc) is 3.64. The summed E-state index contributed by atoms with van der Waals surface area (Å²) >= 11 is 17.9. The molecular weight excluding hydrogens is 779 g/mol. The Morgan fingerprint density at radius 1 is 1.20 bits per heavy atom. The second-order valence-corrected chi connectivity index (χ2v) is 14.1. The highest BCUT2D eigenvalue weighted by Crippen LogP contribution is 2.38. The number of ether oxygens (including phenoxy) is 2. The summed E-state index contributed by atoms with van der Waals surface area (Å²) in [6.07, 6.45) is 1.55. The van der Waals surface area contributed by atoms with Crippen molar-refractivity contribution in [1.29, 1.82) is 0 Å². The number of benzene rings is 3. The second kappa shape index (κ2) is 14.3. The van der Waals surface area contributed by atoms with Crippen molar-refractivity contribution in [1.82, 2.24) is 19.7 Å². The maximum absolute atomic E-state index is 14.1. The van der Waals surface area contributed by atoms with Crippen molar-refractivity contribution in [2.24, 2.45) is 4.99 Å². The maximum Gasteiger partial charge on any atom is 0.338 e. The number of hydrogen-bond donors (Lipinski definition) is 1. The zero-order valence-corrected chi connectivity index (χ0v) is 30.4. The zero-order chi connectivity index (χ0) is 35.0. The number of rotatable bonds is 9. The summed E-state index contributed by atoms with van der Waals surface area (Å²) in [6.45, 7) is 3.51. The molecule has 1 N–H and O–H groups in total. The summed E-state index contributed by atoms with van der Waals surface area (Å²) in [7, 11) is 1.50. The molecule has 0 spiro atoms. The summed E-state index contributed by atoms with van der Waals surface area (Å²) in [5, 5.41) is 20.2. The molecule has 0 saturated carbocycles. The van der Waals surface area contributed by atoms with E-state index < -0.39 is 22.5 Å². The summed E-state index contributed by atoms with van der Waals surface area (Å²) in [4.78, 5) is 48.7. The molecule has 1 aliphatic heterocycles. The molecule has 12 nitrogen and oxygen atoms in total. The number of hydrogen-bond acceptors (Lipinski definition) is 11. The number of aromatic nitrogens is 4. The lowest BCUT2D eigenvalue weighted by Crippen LogP contribution is -2.40. The number of nitrogens with zero attached hydrogens (tertiary/aromatic N) is 5. The molecule has 0 fully saturated rings. The van der Waals surface area contributed by atoms with Gasteiger partial charge in [-0.15, -0.1) is 5.10 Å². The number of methoxy groups -OCH3 is 1. The van der Waals surface area contributed by atoms with Crippen LogP contribution in [0.2, 0.25) is 10.0 Å². The average molecular weight is 803 g/mol. The highest BCUT2D eigenvalue weighted by Gasteiger charge is 2.35. The van der Waals surface area contributed by atoms with E-state index in [-0.39, 0.29) is 32.5 Å². The number of nitro benzene ring substituents is 1. The molecule has 2 aromatic heterocycles. The molecule has 0 radical (unpaired) electrons. The number of carbonyl (C=O) groups is 1. The van der Waals surface area contributed by atoms with Gasteiger partial charge in [0, 0.05) is 26.7 Å². The van der Waals surface area contributed by atoms with Crippen molar-refractivity contribution in [3.05, 3.63) is 121 Å². The number of allylic oxidation sites excluding steroid dienone is 1. The van der Waals surface area contributed by atoms with Crippen LogP contribution in [-0.2, 0) is 9.53 Å². The van der Waals surface area contributed by atoms with Crippen LogP contribution in [-0.4, -0.2) is 44.4 Å². The van der Waals surface area contributed by atoms with Crippen molar-refractivity contribution in [3.8, 4) is 17.1 Å². The third-order valence-corrected chi connectivity index (χ3v) is 10.3. The van der Waals surface area contributed by atoms with E-state index in [2.05, 4.69) is 36.1 Å². The minimum atomic E-state index is -0.910. The van der Waals surface area contributed by atoms with E-state index in [0.717, 1.165) is 23.1 Å². The largest absolute Gasteiger partial charge is 0.496 e. The molecule has 49 heavy (non-hydrogen) atoms. The molecular formula is C32H23BrCl2N6O6S2. The molecule has 1 aliphatic rings. The fourth-order valence-corrected chi connectivity index (χ4v) is 7.92. The predicted molar refractivity (Wildman–Crippen MR) is 190 cm³/mol. The van der Waals surface area contributed by atoms with Crippen LogP contribution in [0.3, 0.4) is 0 Å². The zero-order valence-electron chi connectivity index (χ0n) is 25.7. The van der Waals surface area contributed by atoms with Gasteiger partial charge < -0.3 is 9.47 Å². The fourth-order valence-electron chi connectivity index (χ4n) is 5.20. The van der Waals surface area contributed by atoms with Gasteiger partial charge in [0.2, 0.25) is 5.16 Å². The number of aromatic amines is 1. The molecule has 17 heteroatoms. The quantitative estimate of drug-likeness (QED) is 0.0972. The summed E-state index contributed by atoms with van der Waals surface area (Å²) in [5.41, 5.74) is 1.46. The van der Waals surface area contributed by atoms with Gasteiger partial charge in [-0.05, 0) is 79.7 Å². The molecule has 6 rings (SSSR count). The third kappa shape index (κ3) is 6.94. The minimum Gasteiger partial charge on any atom is -0.496 e. The van der Waals surface area contributed by atoms with Crippen LogP contribution in [0.5, 0.6) is 5.75 Å². The van der Waals surface area contributed by atoms with Crippen molar-refractivity contribution >= 4 is 80.0 Å². The number of fused-ring (bicyclic) bond motifs is 1. The lowest BCUT2D eigenvalue weighted by Gasteiger charge is -2.26. The minimum absolute atomic E-state index is 0.128. The van der Waals surface area contributed by atoms with Crippen LogP contribution in [0.1, 0.15) is 31.0 Å². The van der Waals surface area contributed by atoms with Crippen LogP contribution in [0.25, 0.3) is 17.5 Å². The van der Waals surface area contributed by atoms with Crippen LogP contribution < -0.4 is 19.6 Å². The van der Waals surface area contributed by atoms with Gasteiger partial charge in [0.1, 0.15) is 11.8 Å². The topological polar surface area (TPSA) is 155 Å². The first-order valence-electron chi connectivity index (χ1n) is 14.4. The van der Waals surface area contributed by atoms with E-state index >= 15 is 0 Å².